The zero-order valence-electron chi connectivity index (χ0n) is 21.4. The molecule has 0 aromatic carbocycles. The summed E-state index contributed by atoms with van der Waals surface area (Å²) in [6.45, 7) is 18.9. The summed E-state index contributed by atoms with van der Waals surface area (Å²) < 4.78 is 45.8. The van der Waals surface area contributed by atoms with Crippen LogP contribution in [-0.2, 0) is 36.0 Å². The number of hydrogen-bond donors (Lipinski definition) is 0. The molecular formula is C21H46O9Si2. The number of carbonyl (C=O) groups excluding carboxylic acids is 1. The molecule has 2 unspecified atom stereocenters. The van der Waals surface area contributed by atoms with E-state index in [4.69, 9.17) is 36.0 Å². The minimum atomic E-state index is -2.79. The van der Waals surface area contributed by atoms with E-state index in [9.17, 15) is 4.79 Å². The van der Waals surface area contributed by atoms with Crippen LogP contribution in [0.25, 0.3) is 0 Å². The first kappa shape index (κ1) is 31.5. The average molecular weight is 499 g/mol. The van der Waals surface area contributed by atoms with Crippen LogP contribution in [0.5, 0.6) is 0 Å². The Balaban J connectivity index is 4.63. The molecule has 9 nitrogen and oxygen atoms in total. The molecule has 0 rings (SSSR count). The van der Waals surface area contributed by atoms with Crippen molar-refractivity contribution in [3.63, 3.8) is 0 Å². The molecule has 0 spiro atoms. The molecular weight excluding hydrogens is 452 g/mol. The van der Waals surface area contributed by atoms with Crippen LogP contribution < -0.4 is 0 Å². The molecule has 0 amide bonds. The van der Waals surface area contributed by atoms with Gasteiger partial charge in [-0.2, -0.15) is 0 Å². The molecule has 0 bridgehead atoms. The first-order chi connectivity index (χ1) is 15.3. The lowest BCUT2D eigenvalue weighted by Crippen LogP contribution is -2.47. The van der Waals surface area contributed by atoms with Crippen molar-refractivity contribution in [2.45, 2.75) is 67.5 Å². The Labute approximate surface area is 197 Å². The van der Waals surface area contributed by atoms with Crippen molar-refractivity contribution in [1.29, 1.82) is 0 Å². The Morgan fingerprint density at radius 3 is 1.03 bits per heavy atom. The van der Waals surface area contributed by atoms with Crippen LogP contribution in [0.3, 0.4) is 0 Å². The van der Waals surface area contributed by atoms with Gasteiger partial charge in [-0.05, 0) is 53.4 Å². The van der Waals surface area contributed by atoms with E-state index < -0.39 is 23.8 Å². The van der Waals surface area contributed by atoms with Crippen molar-refractivity contribution >= 4 is 23.8 Å². The van der Waals surface area contributed by atoms with Crippen molar-refractivity contribution in [3.8, 4) is 0 Å². The van der Waals surface area contributed by atoms with Gasteiger partial charge in [0.25, 0.3) is 0 Å². The molecule has 0 heterocycles. The van der Waals surface area contributed by atoms with Gasteiger partial charge in [-0.3, -0.25) is 0 Å². The fraction of sp³-hybridized carbons (Fsp3) is 0.952. The summed E-state index contributed by atoms with van der Waals surface area (Å²) in [6, 6.07) is 1.13. The number of ether oxygens (including phenoxy) is 2. The predicted molar refractivity (Wildman–Crippen MR) is 127 cm³/mol. The quantitative estimate of drug-likeness (QED) is 0.178. The second-order valence-electron chi connectivity index (χ2n) is 7.45. The van der Waals surface area contributed by atoms with Crippen LogP contribution >= 0.6 is 0 Å². The fourth-order valence-corrected chi connectivity index (χ4v) is 9.15. The fourth-order valence-electron chi connectivity index (χ4n) is 3.36. The van der Waals surface area contributed by atoms with E-state index in [1.165, 1.54) is 0 Å². The second-order valence-corrected chi connectivity index (χ2v) is 12.7. The maximum Gasteiger partial charge on any atom is 0.508 e. The van der Waals surface area contributed by atoms with Crippen molar-refractivity contribution in [3.05, 3.63) is 0 Å². The Hall–Kier alpha value is -0.536. The van der Waals surface area contributed by atoms with Gasteiger partial charge in [-0.1, -0.05) is 13.8 Å². The van der Waals surface area contributed by atoms with E-state index in [0.717, 1.165) is 0 Å². The van der Waals surface area contributed by atoms with E-state index in [1.54, 1.807) is 0 Å². The highest BCUT2D eigenvalue weighted by Crippen LogP contribution is 2.23. The topological polar surface area (TPSA) is 90.9 Å². The highest BCUT2D eigenvalue weighted by molar-refractivity contribution is 6.61. The maximum absolute atomic E-state index is 12.1. The van der Waals surface area contributed by atoms with E-state index >= 15 is 0 Å². The molecule has 0 saturated carbocycles. The lowest BCUT2D eigenvalue weighted by molar-refractivity contribution is 0.0285. The van der Waals surface area contributed by atoms with E-state index in [0.29, 0.717) is 51.7 Å². The van der Waals surface area contributed by atoms with E-state index in [-0.39, 0.29) is 25.0 Å². The summed E-state index contributed by atoms with van der Waals surface area (Å²) in [4.78, 5) is 12.1. The Morgan fingerprint density at radius 1 is 0.562 bits per heavy atom. The van der Waals surface area contributed by atoms with Gasteiger partial charge >= 0.3 is 23.8 Å². The average Bonchev–Trinajstić information content (AvgIpc) is 2.72. The van der Waals surface area contributed by atoms with E-state index in [1.807, 2.05) is 55.4 Å². The maximum atomic E-state index is 12.1. The van der Waals surface area contributed by atoms with Gasteiger partial charge in [0.1, 0.15) is 0 Å². The van der Waals surface area contributed by atoms with E-state index in [2.05, 4.69) is 0 Å². The van der Waals surface area contributed by atoms with Crippen molar-refractivity contribution in [2.75, 3.05) is 52.9 Å². The second kappa shape index (κ2) is 17.9. The summed E-state index contributed by atoms with van der Waals surface area (Å²) in [7, 11) is -5.57. The zero-order chi connectivity index (χ0) is 24.5. The largest absolute Gasteiger partial charge is 0.508 e. The standard InChI is InChI=1S/C21H46O9Si2/c1-9-25-31(26-10-2,27-11-3)17-19(7)15-23-21(22)24-16-20(8)18-32(28-12-4,29-13-5)30-14-6/h19-20H,9-18H2,1-8H3. The lowest BCUT2D eigenvalue weighted by Gasteiger charge is -2.30. The highest BCUT2D eigenvalue weighted by Gasteiger charge is 2.43. The summed E-state index contributed by atoms with van der Waals surface area (Å²) in [5.41, 5.74) is 0. The molecule has 0 aromatic heterocycles. The first-order valence-corrected chi connectivity index (χ1v) is 15.7. The number of carbonyl (C=O) groups is 1. The number of rotatable bonds is 20. The zero-order valence-corrected chi connectivity index (χ0v) is 23.4. The Morgan fingerprint density at radius 2 is 0.812 bits per heavy atom. The summed E-state index contributed by atoms with van der Waals surface area (Å²) >= 11 is 0. The molecule has 0 radical (unpaired) electrons. The van der Waals surface area contributed by atoms with Crippen LogP contribution in [0.2, 0.25) is 12.1 Å². The monoisotopic (exact) mass is 498 g/mol. The van der Waals surface area contributed by atoms with Gasteiger partial charge in [0.05, 0.1) is 13.2 Å². The third-order valence-electron chi connectivity index (χ3n) is 4.35. The van der Waals surface area contributed by atoms with Crippen molar-refractivity contribution < 1.29 is 40.8 Å². The molecule has 0 N–H and O–H groups in total. The van der Waals surface area contributed by atoms with Crippen LogP contribution in [-0.4, -0.2) is 76.6 Å². The molecule has 11 heteroatoms. The van der Waals surface area contributed by atoms with Gasteiger partial charge in [-0.15, -0.1) is 0 Å². The summed E-state index contributed by atoms with van der Waals surface area (Å²) in [6.07, 6.45) is -0.698. The van der Waals surface area contributed by atoms with Gasteiger partial charge in [0.2, 0.25) is 0 Å². The molecule has 0 aromatic rings. The minimum Gasteiger partial charge on any atom is -0.434 e. The highest BCUT2D eigenvalue weighted by atomic mass is 28.4. The third-order valence-corrected chi connectivity index (χ3v) is 11.1. The molecule has 0 aliphatic heterocycles. The summed E-state index contributed by atoms with van der Waals surface area (Å²) in [5, 5.41) is 0. The van der Waals surface area contributed by atoms with Crippen molar-refractivity contribution in [2.24, 2.45) is 11.8 Å². The van der Waals surface area contributed by atoms with Gasteiger partial charge in [0.15, 0.2) is 0 Å². The van der Waals surface area contributed by atoms with Gasteiger partial charge < -0.3 is 36.0 Å². The van der Waals surface area contributed by atoms with Crippen LogP contribution in [0.1, 0.15) is 55.4 Å². The molecule has 2 atom stereocenters. The SMILES string of the molecule is CCO[Si](CC(C)COC(=O)OCC(C)C[Si](OCC)(OCC)OCC)(OCC)OCC. The minimum absolute atomic E-state index is 0.00482. The Kier molecular flexibility index (Phi) is 17.6. The van der Waals surface area contributed by atoms with Crippen LogP contribution in [0.15, 0.2) is 0 Å². The normalized spacial score (nSPS) is 14.2. The molecule has 192 valence electrons. The smallest absolute Gasteiger partial charge is 0.434 e. The summed E-state index contributed by atoms with van der Waals surface area (Å²) in [5.74, 6) is 0.00965. The molecule has 32 heavy (non-hydrogen) atoms. The van der Waals surface area contributed by atoms with Gasteiger partial charge in [-0.25, -0.2) is 4.79 Å². The molecule has 0 saturated heterocycles. The molecule has 0 aliphatic rings. The molecule has 0 fully saturated rings. The van der Waals surface area contributed by atoms with Crippen LogP contribution in [0.4, 0.5) is 4.79 Å². The lowest BCUT2D eigenvalue weighted by atomic mass is 10.2. The third kappa shape index (κ3) is 12.6. The Bertz CT molecular complexity index is 408. The van der Waals surface area contributed by atoms with Crippen molar-refractivity contribution in [1.82, 2.24) is 0 Å². The molecule has 0 aliphatic carbocycles. The number of hydrogen-bond acceptors (Lipinski definition) is 9. The predicted octanol–water partition coefficient (Wildman–Crippen LogP) is 4.51. The van der Waals surface area contributed by atoms with Gasteiger partial charge in [0, 0.05) is 51.7 Å². The van der Waals surface area contributed by atoms with Crippen LogP contribution in [0, 0.1) is 11.8 Å². The first-order valence-electron chi connectivity index (χ1n) is 11.9.